The third-order valence-electron chi connectivity index (χ3n) is 4.43. The minimum absolute atomic E-state index is 0.0564. The number of ether oxygens (including phenoxy) is 2. The quantitative estimate of drug-likeness (QED) is 0.596. The first-order valence-electron chi connectivity index (χ1n) is 10.1. The maximum atomic E-state index is 12.5. The number of carbonyl (C=O) groups is 2. The Balaban J connectivity index is 2.02. The smallest absolute Gasteiger partial charge is 0.338 e. The second kappa shape index (κ2) is 10.1. The lowest BCUT2D eigenvalue weighted by molar-refractivity contribution is -0.119. The van der Waals surface area contributed by atoms with Crippen molar-refractivity contribution < 1.29 is 19.1 Å². The molecule has 0 aliphatic heterocycles. The maximum absolute atomic E-state index is 12.5. The molecule has 5 heteroatoms. The zero-order valence-electron chi connectivity index (χ0n) is 18.1. The van der Waals surface area contributed by atoms with Crippen molar-refractivity contribution >= 4 is 17.6 Å². The summed E-state index contributed by atoms with van der Waals surface area (Å²) in [6.07, 6.45) is 0.0564. The van der Waals surface area contributed by atoms with E-state index in [9.17, 15) is 9.59 Å². The van der Waals surface area contributed by atoms with E-state index in [1.165, 1.54) is 0 Å². The first-order valence-corrected chi connectivity index (χ1v) is 10.1. The van der Waals surface area contributed by atoms with Crippen molar-refractivity contribution in [2.24, 2.45) is 0 Å². The van der Waals surface area contributed by atoms with Crippen molar-refractivity contribution in [3.05, 3.63) is 59.2 Å². The average molecular weight is 398 g/mol. The molecule has 0 saturated carbocycles. The van der Waals surface area contributed by atoms with Gasteiger partial charge in [0.25, 0.3) is 5.91 Å². The molecular weight excluding hydrogens is 366 g/mol. The first-order chi connectivity index (χ1) is 13.7. The van der Waals surface area contributed by atoms with Crippen LogP contribution in [-0.4, -0.2) is 24.6 Å². The van der Waals surface area contributed by atoms with E-state index in [1.807, 2.05) is 32.0 Å². The standard InChI is InChI=1S/C24H31NO4/c1-15(2)20-8-7-9-21(16(3)4)23(20)25-22(26)14-28-24(27)18-10-12-19(13-11-18)29-17(5)6/h7-13,15-17H,14H2,1-6H3,(H,25,26). The number of anilines is 1. The Kier molecular flexibility index (Phi) is 7.82. The van der Waals surface area contributed by atoms with Crippen molar-refractivity contribution in [1.82, 2.24) is 0 Å². The van der Waals surface area contributed by atoms with Gasteiger partial charge in [-0.2, -0.15) is 0 Å². The highest BCUT2D eigenvalue weighted by Crippen LogP contribution is 2.32. The lowest BCUT2D eigenvalue weighted by atomic mass is 9.92. The Hall–Kier alpha value is -2.82. The summed E-state index contributed by atoms with van der Waals surface area (Å²) in [4.78, 5) is 24.7. The fourth-order valence-corrected chi connectivity index (χ4v) is 3.03. The van der Waals surface area contributed by atoms with Crippen LogP contribution in [0.4, 0.5) is 5.69 Å². The molecule has 0 aromatic heterocycles. The van der Waals surface area contributed by atoms with E-state index < -0.39 is 5.97 Å². The van der Waals surface area contributed by atoms with E-state index in [2.05, 4.69) is 33.0 Å². The minimum Gasteiger partial charge on any atom is -0.491 e. The van der Waals surface area contributed by atoms with Crippen molar-refractivity contribution in [1.29, 1.82) is 0 Å². The molecular formula is C24H31NO4. The van der Waals surface area contributed by atoms with E-state index >= 15 is 0 Å². The Bertz CT molecular complexity index is 812. The van der Waals surface area contributed by atoms with Crippen LogP contribution in [0.2, 0.25) is 0 Å². The number of rotatable bonds is 8. The van der Waals surface area contributed by atoms with Crippen LogP contribution in [0.5, 0.6) is 5.75 Å². The molecule has 0 aliphatic carbocycles. The second-order valence-electron chi connectivity index (χ2n) is 7.94. The summed E-state index contributed by atoms with van der Waals surface area (Å²) in [7, 11) is 0. The van der Waals surface area contributed by atoms with Gasteiger partial charge in [-0.05, 0) is 61.1 Å². The van der Waals surface area contributed by atoms with Gasteiger partial charge < -0.3 is 14.8 Å². The molecule has 1 N–H and O–H groups in total. The summed E-state index contributed by atoms with van der Waals surface area (Å²) in [5.74, 6) is 0.308. The number of benzene rings is 2. The fourth-order valence-electron chi connectivity index (χ4n) is 3.03. The van der Waals surface area contributed by atoms with Gasteiger partial charge in [-0.3, -0.25) is 4.79 Å². The summed E-state index contributed by atoms with van der Waals surface area (Å²) in [6, 6.07) is 12.7. The molecule has 29 heavy (non-hydrogen) atoms. The zero-order valence-corrected chi connectivity index (χ0v) is 18.1. The maximum Gasteiger partial charge on any atom is 0.338 e. The van der Waals surface area contributed by atoms with E-state index in [0.29, 0.717) is 11.3 Å². The predicted molar refractivity (Wildman–Crippen MR) is 116 cm³/mol. The highest BCUT2D eigenvalue weighted by Gasteiger charge is 2.17. The molecule has 0 saturated heterocycles. The first kappa shape index (κ1) is 22.5. The van der Waals surface area contributed by atoms with Gasteiger partial charge in [-0.1, -0.05) is 45.9 Å². The summed E-state index contributed by atoms with van der Waals surface area (Å²) in [5, 5.41) is 2.94. The largest absolute Gasteiger partial charge is 0.491 e. The van der Waals surface area contributed by atoms with Crippen LogP contribution in [0.25, 0.3) is 0 Å². The van der Waals surface area contributed by atoms with Gasteiger partial charge in [-0.25, -0.2) is 4.79 Å². The monoisotopic (exact) mass is 397 g/mol. The lowest BCUT2D eigenvalue weighted by Crippen LogP contribution is -2.22. The summed E-state index contributed by atoms with van der Waals surface area (Å²) < 4.78 is 10.8. The number of nitrogens with one attached hydrogen (secondary N) is 1. The number of amides is 1. The Labute approximate surface area is 173 Å². The van der Waals surface area contributed by atoms with E-state index in [4.69, 9.17) is 9.47 Å². The molecule has 0 bridgehead atoms. The van der Waals surface area contributed by atoms with Crippen LogP contribution in [0.15, 0.2) is 42.5 Å². The molecule has 0 heterocycles. The molecule has 2 aromatic carbocycles. The number of hydrogen-bond donors (Lipinski definition) is 1. The van der Waals surface area contributed by atoms with Gasteiger partial charge in [0, 0.05) is 5.69 Å². The number of carbonyl (C=O) groups excluding carboxylic acids is 2. The number of hydrogen-bond acceptors (Lipinski definition) is 4. The van der Waals surface area contributed by atoms with Crippen molar-refractivity contribution in [3.8, 4) is 5.75 Å². The molecule has 2 rings (SSSR count). The van der Waals surface area contributed by atoms with Crippen molar-refractivity contribution in [2.75, 3.05) is 11.9 Å². The molecule has 0 fully saturated rings. The summed E-state index contributed by atoms with van der Waals surface area (Å²) >= 11 is 0. The topological polar surface area (TPSA) is 64.6 Å². The molecule has 1 amide bonds. The minimum atomic E-state index is -0.544. The van der Waals surface area contributed by atoms with Crippen LogP contribution < -0.4 is 10.1 Å². The predicted octanol–water partition coefficient (Wildman–Crippen LogP) is 5.52. The van der Waals surface area contributed by atoms with Gasteiger partial charge in [0.05, 0.1) is 11.7 Å². The van der Waals surface area contributed by atoms with Gasteiger partial charge in [-0.15, -0.1) is 0 Å². The number of para-hydroxylation sites is 1. The van der Waals surface area contributed by atoms with Gasteiger partial charge in [0.2, 0.25) is 0 Å². The van der Waals surface area contributed by atoms with Gasteiger partial charge in [0.1, 0.15) is 5.75 Å². The van der Waals surface area contributed by atoms with E-state index in [1.54, 1.807) is 24.3 Å². The fraction of sp³-hybridized carbons (Fsp3) is 0.417. The third-order valence-corrected chi connectivity index (χ3v) is 4.43. The van der Waals surface area contributed by atoms with Crippen LogP contribution in [0.1, 0.15) is 74.9 Å². The SMILES string of the molecule is CC(C)Oc1ccc(C(=O)OCC(=O)Nc2c(C(C)C)cccc2C(C)C)cc1. The van der Waals surface area contributed by atoms with Gasteiger partial charge >= 0.3 is 5.97 Å². The highest BCUT2D eigenvalue weighted by atomic mass is 16.5. The third kappa shape index (κ3) is 6.34. The molecule has 156 valence electrons. The molecule has 0 atom stereocenters. The van der Waals surface area contributed by atoms with Crippen LogP contribution >= 0.6 is 0 Å². The summed E-state index contributed by atoms with van der Waals surface area (Å²) in [6.45, 7) is 11.9. The van der Waals surface area contributed by atoms with Crippen LogP contribution in [-0.2, 0) is 9.53 Å². The number of esters is 1. The molecule has 0 unspecified atom stereocenters. The molecule has 2 aromatic rings. The van der Waals surface area contributed by atoms with E-state index in [-0.39, 0.29) is 30.5 Å². The van der Waals surface area contributed by atoms with Crippen molar-refractivity contribution in [3.63, 3.8) is 0 Å². The zero-order chi connectivity index (χ0) is 21.6. The Morgan fingerprint density at radius 1 is 0.862 bits per heavy atom. The second-order valence-corrected chi connectivity index (χ2v) is 7.94. The normalized spacial score (nSPS) is 11.1. The molecule has 0 aliphatic rings. The van der Waals surface area contributed by atoms with Crippen LogP contribution in [0, 0.1) is 0 Å². The Morgan fingerprint density at radius 2 is 1.41 bits per heavy atom. The average Bonchev–Trinajstić information content (AvgIpc) is 2.66. The molecule has 0 spiro atoms. The molecule has 5 nitrogen and oxygen atoms in total. The van der Waals surface area contributed by atoms with Crippen LogP contribution in [0.3, 0.4) is 0 Å². The van der Waals surface area contributed by atoms with Crippen molar-refractivity contribution in [2.45, 2.75) is 59.5 Å². The van der Waals surface area contributed by atoms with Gasteiger partial charge in [0.15, 0.2) is 6.61 Å². The lowest BCUT2D eigenvalue weighted by Gasteiger charge is -2.20. The Morgan fingerprint density at radius 3 is 1.90 bits per heavy atom. The summed E-state index contributed by atoms with van der Waals surface area (Å²) in [5.41, 5.74) is 3.32. The van der Waals surface area contributed by atoms with E-state index in [0.717, 1.165) is 16.8 Å². The highest BCUT2D eigenvalue weighted by molar-refractivity contribution is 5.96. The molecule has 0 radical (unpaired) electrons.